The van der Waals surface area contributed by atoms with Gasteiger partial charge in [-0.2, -0.15) is 5.26 Å². The molecule has 0 bridgehead atoms. The number of nitrogens with two attached hydrogens (primary N) is 2. The molecule has 110 valence electrons. The number of rotatable bonds is 4. The van der Waals surface area contributed by atoms with E-state index >= 15 is 0 Å². The van der Waals surface area contributed by atoms with Crippen molar-refractivity contribution >= 4 is 33.1 Å². The first kappa shape index (κ1) is 14.1. The van der Waals surface area contributed by atoms with Crippen LogP contribution in [0.5, 0.6) is 0 Å². The number of aromatic nitrogens is 2. The number of carbonyl (C=O) groups is 1. The third kappa shape index (κ3) is 2.40. The highest BCUT2D eigenvalue weighted by atomic mass is 32.1. The van der Waals surface area contributed by atoms with E-state index < -0.39 is 5.91 Å². The second kappa shape index (κ2) is 5.50. The number of nitriles is 1. The Bertz CT molecular complexity index is 902. The van der Waals surface area contributed by atoms with Crippen molar-refractivity contribution in [2.75, 3.05) is 5.73 Å². The monoisotopic (exact) mass is 311 g/mol. The Kier molecular flexibility index (Phi) is 3.53. The van der Waals surface area contributed by atoms with Gasteiger partial charge in [-0.15, -0.1) is 11.3 Å². The lowest BCUT2D eigenvalue weighted by Gasteiger charge is -1.98. The van der Waals surface area contributed by atoms with E-state index in [9.17, 15) is 4.79 Å². The second-order valence-corrected chi connectivity index (χ2v) is 5.86. The quantitative estimate of drug-likeness (QED) is 0.769. The topological polar surface area (TPSA) is 111 Å². The summed E-state index contributed by atoms with van der Waals surface area (Å²) in [4.78, 5) is 15.5. The summed E-state index contributed by atoms with van der Waals surface area (Å²) in [5.41, 5.74) is 12.7. The number of primary amides is 1. The molecule has 1 amide bonds. The zero-order valence-corrected chi connectivity index (χ0v) is 12.4. The van der Waals surface area contributed by atoms with Gasteiger partial charge in [-0.1, -0.05) is 0 Å². The van der Waals surface area contributed by atoms with E-state index in [1.807, 2.05) is 29.1 Å². The Morgan fingerprint density at radius 3 is 3.05 bits per heavy atom. The van der Waals surface area contributed by atoms with Crippen molar-refractivity contribution in [1.82, 2.24) is 9.55 Å². The molecule has 3 aromatic rings. The Labute approximate surface area is 130 Å². The van der Waals surface area contributed by atoms with E-state index in [0.29, 0.717) is 24.2 Å². The fraction of sp³-hybridized carbons (Fsp3) is 0.133. The first-order chi connectivity index (χ1) is 10.6. The lowest BCUT2D eigenvalue weighted by Crippen LogP contribution is -2.11. The summed E-state index contributed by atoms with van der Waals surface area (Å²) < 4.78 is 2.68. The van der Waals surface area contributed by atoms with Gasteiger partial charge >= 0.3 is 0 Å². The molecule has 0 aliphatic heterocycles. The highest BCUT2D eigenvalue weighted by molar-refractivity contribution is 7.21. The van der Waals surface area contributed by atoms with E-state index in [1.165, 1.54) is 17.5 Å². The van der Waals surface area contributed by atoms with E-state index in [4.69, 9.17) is 16.7 Å². The van der Waals surface area contributed by atoms with Gasteiger partial charge in [0.1, 0.15) is 10.8 Å². The third-order valence-electron chi connectivity index (χ3n) is 3.37. The van der Waals surface area contributed by atoms with Crippen LogP contribution in [0.2, 0.25) is 0 Å². The molecule has 3 rings (SSSR count). The number of nitrogens with zero attached hydrogens (tertiary/aromatic N) is 3. The van der Waals surface area contributed by atoms with E-state index in [1.54, 1.807) is 0 Å². The summed E-state index contributed by atoms with van der Waals surface area (Å²) in [6.45, 7) is 0. The highest BCUT2D eigenvalue weighted by Crippen LogP contribution is 2.33. The predicted molar refractivity (Wildman–Crippen MR) is 85.8 cm³/mol. The first-order valence-corrected chi connectivity index (χ1v) is 7.44. The molecular weight excluding hydrogens is 298 g/mol. The average Bonchev–Trinajstić information content (AvgIpc) is 3.12. The van der Waals surface area contributed by atoms with Crippen molar-refractivity contribution in [2.24, 2.45) is 5.73 Å². The molecule has 3 aromatic heterocycles. The van der Waals surface area contributed by atoms with Crippen molar-refractivity contribution in [1.29, 1.82) is 5.26 Å². The molecule has 0 unspecified atom stereocenters. The first-order valence-electron chi connectivity index (χ1n) is 6.62. The molecule has 22 heavy (non-hydrogen) atoms. The van der Waals surface area contributed by atoms with Gasteiger partial charge in [0.25, 0.3) is 5.91 Å². The van der Waals surface area contributed by atoms with Gasteiger partial charge in [0, 0.05) is 30.4 Å². The number of hydrogen-bond donors (Lipinski definition) is 2. The van der Waals surface area contributed by atoms with Gasteiger partial charge in [-0.05, 0) is 24.1 Å². The fourth-order valence-corrected chi connectivity index (χ4v) is 3.40. The maximum atomic E-state index is 11.5. The van der Waals surface area contributed by atoms with Crippen LogP contribution in [0.1, 0.15) is 22.3 Å². The van der Waals surface area contributed by atoms with Gasteiger partial charge in [-0.25, -0.2) is 4.98 Å². The maximum absolute atomic E-state index is 11.5. The van der Waals surface area contributed by atoms with Crippen LogP contribution in [0.3, 0.4) is 0 Å². The van der Waals surface area contributed by atoms with Gasteiger partial charge in [0.15, 0.2) is 0 Å². The summed E-state index contributed by atoms with van der Waals surface area (Å²) in [5.74, 6) is -0.146. The van der Waals surface area contributed by atoms with Crippen molar-refractivity contribution in [2.45, 2.75) is 12.8 Å². The zero-order valence-electron chi connectivity index (χ0n) is 11.6. The number of hydrogen-bond acceptors (Lipinski definition) is 5. The van der Waals surface area contributed by atoms with Crippen LogP contribution < -0.4 is 11.5 Å². The van der Waals surface area contributed by atoms with E-state index in [0.717, 1.165) is 20.7 Å². The van der Waals surface area contributed by atoms with Crippen LogP contribution in [-0.4, -0.2) is 15.5 Å². The van der Waals surface area contributed by atoms with Crippen molar-refractivity contribution in [3.05, 3.63) is 41.9 Å². The summed E-state index contributed by atoms with van der Waals surface area (Å²) in [6, 6.07) is 5.99. The molecule has 4 N–H and O–H groups in total. The molecule has 0 aromatic carbocycles. The highest BCUT2D eigenvalue weighted by Gasteiger charge is 2.14. The number of thiophene rings is 1. The van der Waals surface area contributed by atoms with E-state index in [2.05, 4.69) is 11.1 Å². The molecule has 7 heteroatoms. The Hall–Kier alpha value is -2.85. The number of carbonyl (C=O) groups excluding carboxylic acids is 1. The molecule has 0 aliphatic carbocycles. The second-order valence-electron chi connectivity index (χ2n) is 4.83. The lowest BCUT2D eigenvalue weighted by molar-refractivity contribution is 0.100. The normalized spacial score (nSPS) is 10.7. The Balaban J connectivity index is 2.07. The van der Waals surface area contributed by atoms with Crippen LogP contribution in [0.25, 0.3) is 15.1 Å². The summed E-state index contributed by atoms with van der Waals surface area (Å²) in [7, 11) is 0. The largest absolute Gasteiger partial charge is 0.383 e. The third-order valence-corrected chi connectivity index (χ3v) is 4.55. The number of fused-ring (bicyclic) bond motifs is 1. The van der Waals surface area contributed by atoms with Gasteiger partial charge in [0.2, 0.25) is 0 Å². The van der Waals surface area contributed by atoms with Crippen LogP contribution >= 0.6 is 11.3 Å². The Morgan fingerprint density at radius 1 is 1.50 bits per heavy atom. The number of pyridine rings is 1. The lowest BCUT2D eigenvalue weighted by atomic mass is 10.2. The minimum Gasteiger partial charge on any atom is -0.383 e. The molecule has 3 heterocycles. The summed E-state index contributed by atoms with van der Waals surface area (Å²) >= 11 is 1.43. The minimum atomic E-state index is -0.520. The molecule has 6 nitrogen and oxygen atoms in total. The summed E-state index contributed by atoms with van der Waals surface area (Å²) in [6.07, 6.45) is 6.50. The number of nitrogen functional groups attached to an aromatic ring is 1. The minimum absolute atomic E-state index is 0.373. The number of anilines is 1. The average molecular weight is 311 g/mol. The van der Waals surface area contributed by atoms with Crippen molar-refractivity contribution < 1.29 is 4.79 Å². The molecule has 0 aliphatic rings. The van der Waals surface area contributed by atoms with Crippen LogP contribution in [0.4, 0.5) is 5.82 Å². The van der Waals surface area contributed by atoms with Gasteiger partial charge in [-0.3, -0.25) is 4.79 Å². The van der Waals surface area contributed by atoms with Crippen molar-refractivity contribution in [3.8, 4) is 11.1 Å². The van der Waals surface area contributed by atoms with Gasteiger partial charge in [0.05, 0.1) is 16.3 Å². The SMILES string of the molecule is N#CCCc1ccn(-c2cc3c(N)ncc(C(N)=O)c3s2)c1. The predicted octanol–water partition coefficient (Wildman–Crippen LogP) is 2.22. The van der Waals surface area contributed by atoms with Crippen LogP contribution in [-0.2, 0) is 6.42 Å². The van der Waals surface area contributed by atoms with Crippen molar-refractivity contribution in [3.63, 3.8) is 0 Å². The molecular formula is C15H13N5OS. The van der Waals surface area contributed by atoms with Crippen LogP contribution in [0, 0.1) is 11.3 Å². The fourth-order valence-electron chi connectivity index (χ4n) is 2.26. The van der Waals surface area contributed by atoms with Crippen LogP contribution in [0.15, 0.2) is 30.7 Å². The maximum Gasteiger partial charge on any atom is 0.251 e. The smallest absolute Gasteiger partial charge is 0.251 e. The number of amides is 1. The molecule has 0 saturated heterocycles. The molecule has 0 fully saturated rings. The summed E-state index contributed by atoms with van der Waals surface area (Å²) in [5, 5.41) is 10.3. The Morgan fingerprint density at radius 2 is 2.32 bits per heavy atom. The zero-order chi connectivity index (χ0) is 15.7. The molecule has 0 radical (unpaired) electrons. The van der Waals surface area contributed by atoms with Gasteiger partial charge < -0.3 is 16.0 Å². The number of aryl methyl sites for hydroxylation is 1. The standard InChI is InChI=1S/C15H13N5OS/c16-4-1-2-9-3-5-20(8-9)12-6-10-13(22-12)11(15(18)21)7-19-14(10)17/h3,5-8H,1-2H2,(H2,17,19)(H2,18,21). The molecule has 0 saturated carbocycles. The van der Waals surface area contributed by atoms with E-state index in [-0.39, 0.29) is 0 Å². The molecule has 0 atom stereocenters. The molecule has 0 spiro atoms.